The number of anilines is 6. The zero-order valence-corrected chi connectivity index (χ0v) is 18.1. The maximum atomic E-state index is 11.8. The second-order valence-electron chi connectivity index (χ2n) is 6.83. The fourth-order valence-electron chi connectivity index (χ4n) is 2.86. The number of rotatable bonds is 8. The summed E-state index contributed by atoms with van der Waals surface area (Å²) in [7, 11) is 4.61. The predicted octanol–water partition coefficient (Wildman–Crippen LogP) is 2.85. The van der Waals surface area contributed by atoms with Crippen molar-refractivity contribution in [1.29, 1.82) is 0 Å². The maximum absolute atomic E-state index is 11.8. The molecule has 0 saturated carbocycles. The van der Waals surface area contributed by atoms with E-state index in [1.54, 1.807) is 38.5 Å². The summed E-state index contributed by atoms with van der Waals surface area (Å²) in [6, 6.07) is 14.4. The van der Waals surface area contributed by atoms with Crippen LogP contribution < -0.4 is 31.1 Å². The molecule has 4 rings (SSSR count). The van der Waals surface area contributed by atoms with Gasteiger partial charge in [-0.15, -0.1) is 0 Å². The number of aromatic nitrogens is 5. The lowest BCUT2D eigenvalue weighted by molar-refractivity contribution is 0.415. The number of H-pyrrole nitrogens is 1. The Morgan fingerprint density at radius 1 is 0.788 bits per heavy atom. The minimum absolute atomic E-state index is 0.0551. The van der Waals surface area contributed by atoms with Crippen LogP contribution in [0.4, 0.5) is 35.0 Å². The van der Waals surface area contributed by atoms with Gasteiger partial charge in [-0.25, -0.2) is 4.79 Å². The molecule has 2 heterocycles. The lowest BCUT2D eigenvalue weighted by Gasteiger charge is -2.11. The van der Waals surface area contributed by atoms with Crippen molar-refractivity contribution in [2.75, 3.05) is 30.2 Å². The molecule has 0 aliphatic rings. The monoisotopic (exact) mass is 450 g/mol. The Morgan fingerprint density at radius 2 is 1.21 bits per heavy atom. The quantitative estimate of drug-likeness (QED) is 0.271. The van der Waals surface area contributed by atoms with E-state index < -0.39 is 5.69 Å². The normalized spacial score (nSPS) is 10.5. The minimum atomic E-state index is -0.489. The molecule has 0 fully saturated rings. The van der Waals surface area contributed by atoms with Crippen LogP contribution in [0.15, 0.2) is 53.3 Å². The van der Waals surface area contributed by atoms with Crippen LogP contribution >= 0.6 is 0 Å². The summed E-state index contributed by atoms with van der Waals surface area (Å²) in [5, 5.41) is 19.1. The van der Waals surface area contributed by atoms with E-state index in [-0.39, 0.29) is 29.5 Å². The van der Waals surface area contributed by atoms with Crippen molar-refractivity contribution in [3.63, 3.8) is 0 Å². The van der Waals surface area contributed by atoms with E-state index in [2.05, 4.69) is 35.9 Å². The summed E-state index contributed by atoms with van der Waals surface area (Å²) in [6.45, 7) is 0. The fourth-order valence-corrected chi connectivity index (χ4v) is 2.86. The molecular weight excluding hydrogens is 428 g/mol. The number of aromatic hydroxyl groups is 1. The Labute approximate surface area is 188 Å². The molecule has 0 spiro atoms. The number of imidazole rings is 1. The number of methoxy groups -OCH3 is 2. The molecule has 5 N–H and O–H groups in total. The Morgan fingerprint density at radius 3 is 1.58 bits per heavy atom. The van der Waals surface area contributed by atoms with Crippen molar-refractivity contribution in [3.05, 3.63) is 59.0 Å². The minimum Gasteiger partial charge on any atom is -0.497 e. The van der Waals surface area contributed by atoms with Crippen LogP contribution in [0.2, 0.25) is 0 Å². The van der Waals surface area contributed by atoms with E-state index in [1.165, 1.54) is 7.05 Å². The number of nitrogens with one attached hydrogen (secondary N) is 4. The smallest absolute Gasteiger partial charge is 0.329 e. The average molecular weight is 450 g/mol. The third-order valence-corrected chi connectivity index (χ3v) is 4.64. The molecule has 0 aliphatic carbocycles. The third kappa shape index (κ3) is 4.95. The second kappa shape index (κ2) is 9.18. The summed E-state index contributed by atoms with van der Waals surface area (Å²) >= 11 is 0. The highest BCUT2D eigenvalue weighted by molar-refractivity contribution is 5.62. The predicted molar refractivity (Wildman–Crippen MR) is 123 cm³/mol. The largest absolute Gasteiger partial charge is 0.497 e. The van der Waals surface area contributed by atoms with Gasteiger partial charge in [0.2, 0.25) is 23.7 Å². The lowest BCUT2D eigenvalue weighted by atomic mass is 10.3. The Bertz CT molecular complexity index is 1230. The zero-order valence-electron chi connectivity index (χ0n) is 18.1. The van der Waals surface area contributed by atoms with Crippen molar-refractivity contribution in [3.8, 4) is 17.4 Å². The molecule has 4 aromatic rings. The molecule has 12 nitrogen and oxygen atoms in total. The standard InChI is InChI=1S/C21H22N8O4/c1-29-17(30)16(25-21(29)31)24-20-27-18(22-12-4-8-14(32-2)9-5-12)26-19(28-20)23-13-6-10-15(33-3)11-7-13/h4-11,30H,1-3H3,(H,25,31)(H3,22,23,24,26,27,28). The molecule has 0 saturated heterocycles. The number of ether oxygens (including phenoxy) is 2. The van der Waals surface area contributed by atoms with Gasteiger partial charge < -0.3 is 30.5 Å². The molecule has 0 unspecified atom stereocenters. The van der Waals surface area contributed by atoms with Gasteiger partial charge in [-0.3, -0.25) is 9.55 Å². The molecule has 2 aromatic carbocycles. The van der Waals surface area contributed by atoms with Gasteiger partial charge in [0.15, 0.2) is 5.82 Å². The van der Waals surface area contributed by atoms with E-state index in [1.807, 2.05) is 24.3 Å². The van der Waals surface area contributed by atoms with Crippen LogP contribution in [0, 0.1) is 0 Å². The first-order valence-electron chi connectivity index (χ1n) is 9.78. The fraction of sp³-hybridized carbons (Fsp3) is 0.143. The first-order valence-corrected chi connectivity index (χ1v) is 9.78. The number of aromatic amines is 1. The van der Waals surface area contributed by atoms with E-state index >= 15 is 0 Å². The molecule has 0 atom stereocenters. The number of hydrogen-bond donors (Lipinski definition) is 5. The first kappa shape index (κ1) is 21.5. The van der Waals surface area contributed by atoms with Crippen LogP contribution in [0.5, 0.6) is 17.4 Å². The topological polar surface area (TPSA) is 151 Å². The Hall–Kier alpha value is -4.74. The summed E-state index contributed by atoms with van der Waals surface area (Å²) in [5.41, 5.74) is 0.954. The molecule has 0 radical (unpaired) electrons. The van der Waals surface area contributed by atoms with E-state index in [0.29, 0.717) is 11.5 Å². The summed E-state index contributed by atoms with van der Waals surface area (Å²) in [4.78, 5) is 27.4. The molecule has 0 aliphatic heterocycles. The van der Waals surface area contributed by atoms with Crippen LogP contribution in [-0.4, -0.2) is 43.8 Å². The molecule has 0 amide bonds. The van der Waals surface area contributed by atoms with Crippen molar-refractivity contribution in [2.45, 2.75) is 0 Å². The van der Waals surface area contributed by atoms with Gasteiger partial charge in [0.1, 0.15) is 11.5 Å². The maximum Gasteiger partial charge on any atom is 0.329 e. The van der Waals surface area contributed by atoms with Gasteiger partial charge in [0, 0.05) is 18.4 Å². The van der Waals surface area contributed by atoms with Crippen LogP contribution in [0.3, 0.4) is 0 Å². The van der Waals surface area contributed by atoms with Crippen LogP contribution in [-0.2, 0) is 7.05 Å². The van der Waals surface area contributed by atoms with Crippen LogP contribution in [0.25, 0.3) is 0 Å². The first-order chi connectivity index (χ1) is 15.9. The van der Waals surface area contributed by atoms with E-state index in [9.17, 15) is 9.90 Å². The highest BCUT2D eigenvalue weighted by Crippen LogP contribution is 2.25. The van der Waals surface area contributed by atoms with E-state index in [4.69, 9.17) is 9.47 Å². The van der Waals surface area contributed by atoms with Gasteiger partial charge in [0.05, 0.1) is 14.2 Å². The molecule has 170 valence electrons. The van der Waals surface area contributed by atoms with Crippen LogP contribution in [0.1, 0.15) is 0 Å². The van der Waals surface area contributed by atoms with Gasteiger partial charge in [-0.2, -0.15) is 15.0 Å². The zero-order chi connectivity index (χ0) is 23.4. The molecule has 33 heavy (non-hydrogen) atoms. The Balaban J connectivity index is 1.65. The highest BCUT2D eigenvalue weighted by atomic mass is 16.5. The van der Waals surface area contributed by atoms with Crippen molar-refractivity contribution < 1.29 is 14.6 Å². The van der Waals surface area contributed by atoms with Crippen molar-refractivity contribution in [2.24, 2.45) is 7.05 Å². The summed E-state index contributed by atoms with van der Waals surface area (Å²) in [6.07, 6.45) is 0. The molecule has 2 aromatic heterocycles. The highest BCUT2D eigenvalue weighted by Gasteiger charge is 2.14. The average Bonchev–Trinajstić information content (AvgIpc) is 3.06. The van der Waals surface area contributed by atoms with Gasteiger partial charge in [-0.05, 0) is 48.5 Å². The van der Waals surface area contributed by atoms with Crippen molar-refractivity contribution in [1.82, 2.24) is 24.5 Å². The molecule has 12 heteroatoms. The summed E-state index contributed by atoms with van der Waals surface area (Å²) in [5.74, 6) is 1.74. The van der Waals surface area contributed by atoms with E-state index in [0.717, 1.165) is 15.9 Å². The Kier molecular flexibility index (Phi) is 5.98. The van der Waals surface area contributed by atoms with Gasteiger partial charge >= 0.3 is 5.69 Å². The SMILES string of the molecule is COc1ccc(Nc2nc(Nc3ccc(OC)cc3)nc(Nc3[nH]c(=O)n(C)c3O)n2)cc1. The lowest BCUT2D eigenvalue weighted by Crippen LogP contribution is -2.11. The molecule has 0 bridgehead atoms. The third-order valence-electron chi connectivity index (χ3n) is 4.64. The second-order valence-corrected chi connectivity index (χ2v) is 6.83. The van der Waals surface area contributed by atoms with Gasteiger partial charge in [0.25, 0.3) is 0 Å². The number of nitrogens with zero attached hydrogens (tertiary/aromatic N) is 4. The number of hydrogen-bond acceptors (Lipinski definition) is 10. The summed E-state index contributed by atoms with van der Waals surface area (Å²) < 4.78 is 11.4. The van der Waals surface area contributed by atoms with Crippen molar-refractivity contribution >= 4 is 35.0 Å². The van der Waals surface area contributed by atoms with Gasteiger partial charge in [-0.1, -0.05) is 0 Å². The number of benzene rings is 2. The molecular formula is C21H22N8O4.